The monoisotopic (exact) mass is 412 g/mol. The van der Waals surface area contributed by atoms with Gasteiger partial charge >= 0.3 is 6.09 Å². The Kier molecular flexibility index (Phi) is 6.20. The van der Waals surface area contributed by atoms with Crippen LogP contribution in [0.3, 0.4) is 0 Å². The minimum atomic E-state index is -1.11. The molecule has 3 amide bonds. The summed E-state index contributed by atoms with van der Waals surface area (Å²) in [6.07, 6.45) is 0.943. The smallest absolute Gasteiger partial charge is 0.404 e. The Morgan fingerprint density at radius 3 is 2.63 bits per heavy atom. The van der Waals surface area contributed by atoms with Crippen LogP contribution in [0.2, 0.25) is 0 Å². The maximum absolute atomic E-state index is 12.5. The van der Waals surface area contributed by atoms with Gasteiger partial charge in [0.1, 0.15) is 18.2 Å². The molecule has 3 rings (SSSR count). The largest absolute Gasteiger partial charge is 0.488 e. The number of rotatable bonds is 6. The number of nitrogens with zero attached hydrogens (tertiary/aromatic N) is 1. The SMILES string of the molecule is CC(=O)Nc1cc2c(cn1)COc1cc(NC(=O)C(C)CC(C)NC(=O)O)ccc1-2. The van der Waals surface area contributed by atoms with E-state index >= 15 is 0 Å². The zero-order valence-corrected chi connectivity index (χ0v) is 17.0. The average Bonchev–Trinajstić information content (AvgIpc) is 2.66. The fraction of sp³-hybridized carbons (Fsp3) is 0.333. The average molecular weight is 412 g/mol. The van der Waals surface area contributed by atoms with Gasteiger partial charge in [0.25, 0.3) is 0 Å². The number of ether oxygens (including phenoxy) is 1. The fourth-order valence-corrected chi connectivity index (χ4v) is 3.37. The zero-order chi connectivity index (χ0) is 21.8. The Balaban J connectivity index is 1.73. The van der Waals surface area contributed by atoms with E-state index in [2.05, 4.69) is 20.9 Å². The minimum Gasteiger partial charge on any atom is -0.488 e. The molecule has 2 unspecified atom stereocenters. The van der Waals surface area contributed by atoms with Gasteiger partial charge in [-0.3, -0.25) is 9.59 Å². The van der Waals surface area contributed by atoms with E-state index in [1.807, 2.05) is 6.07 Å². The Morgan fingerprint density at radius 1 is 1.17 bits per heavy atom. The molecule has 2 heterocycles. The van der Waals surface area contributed by atoms with Gasteiger partial charge in [-0.2, -0.15) is 0 Å². The van der Waals surface area contributed by atoms with Crippen LogP contribution in [0.25, 0.3) is 11.1 Å². The highest BCUT2D eigenvalue weighted by Gasteiger charge is 2.21. The number of pyridine rings is 1. The van der Waals surface area contributed by atoms with Crippen molar-refractivity contribution in [1.82, 2.24) is 10.3 Å². The van der Waals surface area contributed by atoms with Crippen molar-refractivity contribution in [2.24, 2.45) is 5.92 Å². The van der Waals surface area contributed by atoms with E-state index in [4.69, 9.17) is 9.84 Å². The number of carboxylic acid groups (broad SMARTS) is 1. The summed E-state index contributed by atoms with van der Waals surface area (Å²) in [5.41, 5.74) is 3.25. The molecule has 0 radical (unpaired) electrons. The quantitative estimate of drug-likeness (QED) is 0.576. The number of hydrogen-bond donors (Lipinski definition) is 4. The van der Waals surface area contributed by atoms with Gasteiger partial charge in [0.2, 0.25) is 11.8 Å². The number of amides is 3. The molecule has 9 nitrogen and oxygen atoms in total. The molecule has 0 fully saturated rings. The van der Waals surface area contributed by atoms with E-state index in [9.17, 15) is 14.4 Å². The minimum absolute atomic E-state index is 0.199. The second kappa shape index (κ2) is 8.81. The van der Waals surface area contributed by atoms with Crippen molar-refractivity contribution in [3.8, 4) is 16.9 Å². The second-order valence-electron chi connectivity index (χ2n) is 7.38. The molecule has 30 heavy (non-hydrogen) atoms. The normalized spacial score (nSPS) is 13.7. The van der Waals surface area contributed by atoms with Gasteiger partial charge in [-0.1, -0.05) is 6.92 Å². The van der Waals surface area contributed by atoms with Crippen LogP contribution in [-0.2, 0) is 16.2 Å². The molecule has 2 atom stereocenters. The molecule has 1 aromatic heterocycles. The van der Waals surface area contributed by atoms with Crippen LogP contribution < -0.4 is 20.7 Å². The first-order valence-electron chi connectivity index (χ1n) is 9.57. The number of nitrogens with one attached hydrogen (secondary N) is 3. The lowest BCUT2D eigenvalue weighted by molar-refractivity contribution is -0.119. The van der Waals surface area contributed by atoms with Crippen molar-refractivity contribution in [2.45, 2.75) is 39.8 Å². The number of fused-ring (bicyclic) bond motifs is 3. The topological polar surface area (TPSA) is 130 Å². The third-order valence-electron chi connectivity index (χ3n) is 4.74. The number of carbonyl (C=O) groups is 3. The van der Waals surface area contributed by atoms with Crippen molar-refractivity contribution in [2.75, 3.05) is 10.6 Å². The van der Waals surface area contributed by atoms with Crippen LogP contribution >= 0.6 is 0 Å². The molecule has 0 aliphatic carbocycles. The lowest BCUT2D eigenvalue weighted by Crippen LogP contribution is -2.34. The van der Waals surface area contributed by atoms with Crippen molar-refractivity contribution >= 4 is 29.4 Å². The van der Waals surface area contributed by atoms with E-state index in [1.165, 1.54) is 6.92 Å². The standard InChI is InChI=1S/C21H24N4O5/c1-11(6-12(2)23-21(28)29)20(27)25-15-4-5-16-17-8-19(24-13(3)26)22-9-14(17)10-30-18(16)7-15/h4-5,7-9,11-12,23H,6,10H2,1-3H3,(H,25,27)(H,28,29)(H,22,24,26). The van der Waals surface area contributed by atoms with E-state index < -0.39 is 6.09 Å². The van der Waals surface area contributed by atoms with Crippen LogP contribution in [0.5, 0.6) is 5.75 Å². The van der Waals surface area contributed by atoms with Gasteiger partial charge in [0.15, 0.2) is 0 Å². The summed E-state index contributed by atoms with van der Waals surface area (Å²) < 4.78 is 5.81. The summed E-state index contributed by atoms with van der Waals surface area (Å²) in [6, 6.07) is 6.84. The first-order chi connectivity index (χ1) is 14.2. The molecule has 9 heteroatoms. The molecular formula is C21H24N4O5. The highest BCUT2D eigenvalue weighted by molar-refractivity contribution is 5.93. The van der Waals surface area contributed by atoms with Gasteiger partial charge in [-0.15, -0.1) is 0 Å². The first kappa shape index (κ1) is 21.1. The van der Waals surface area contributed by atoms with Crippen LogP contribution in [0, 0.1) is 5.92 Å². The molecule has 0 saturated carbocycles. The number of hydrogen-bond acceptors (Lipinski definition) is 5. The van der Waals surface area contributed by atoms with E-state index in [1.54, 1.807) is 38.2 Å². The summed E-state index contributed by atoms with van der Waals surface area (Å²) in [6.45, 7) is 5.22. The highest BCUT2D eigenvalue weighted by atomic mass is 16.5. The van der Waals surface area contributed by atoms with Crippen molar-refractivity contribution in [1.29, 1.82) is 0 Å². The Bertz CT molecular complexity index is 991. The number of carbonyl (C=O) groups excluding carboxylic acids is 2. The van der Waals surface area contributed by atoms with Gasteiger partial charge < -0.3 is 25.8 Å². The van der Waals surface area contributed by atoms with Crippen LogP contribution in [0.1, 0.15) is 32.8 Å². The molecule has 0 saturated heterocycles. The van der Waals surface area contributed by atoms with Crippen molar-refractivity contribution < 1.29 is 24.2 Å². The molecule has 1 aliphatic rings. The second-order valence-corrected chi connectivity index (χ2v) is 7.38. The van der Waals surface area contributed by atoms with E-state index in [-0.39, 0.29) is 23.8 Å². The predicted molar refractivity (Wildman–Crippen MR) is 111 cm³/mol. The molecule has 2 aromatic rings. The highest BCUT2D eigenvalue weighted by Crippen LogP contribution is 2.39. The van der Waals surface area contributed by atoms with Gasteiger partial charge in [-0.25, -0.2) is 9.78 Å². The molecule has 4 N–H and O–H groups in total. The summed E-state index contributed by atoms with van der Waals surface area (Å²) >= 11 is 0. The molecule has 1 aliphatic heterocycles. The summed E-state index contributed by atoms with van der Waals surface area (Å²) in [7, 11) is 0. The lowest BCUT2D eigenvalue weighted by Gasteiger charge is -2.22. The van der Waals surface area contributed by atoms with Crippen LogP contribution in [0.15, 0.2) is 30.5 Å². The first-order valence-corrected chi connectivity index (χ1v) is 9.57. The molecule has 158 valence electrons. The Morgan fingerprint density at radius 2 is 1.93 bits per heavy atom. The number of benzene rings is 1. The maximum Gasteiger partial charge on any atom is 0.404 e. The maximum atomic E-state index is 12.5. The lowest BCUT2D eigenvalue weighted by atomic mass is 9.98. The molecule has 1 aromatic carbocycles. The summed E-state index contributed by atoms with van der Waals surface area (Å²) in [5, 5.41) is 16.6. The van der Waals surface area contributed by atoms with Crippen molar-refractivity contribution in [3.63, 3.8) is 0 Å². The summed E-state index contributed by atoms with van der Waals surface area (Å²) in [5.74, 6) is 0.297. The van der Waals surface area contributed by atoms with Crippen LogP contribution in [-0.4, -0.2) is 34.0 Å². The van der Waals surface area contributed by atoms with Gasteiger partial charge in [0, 0.05) is 48.0 Å². The summed E-state index contributed by atoms with van der Waals surface area (Å²) in [4.78, 5) is 38.7. The zero-order valence-electron chi connectivity index (χ0n) is 17.0. The fourth-order valence-electron chi connectivity index (χ4n) is 3.37. The predicted octanol–water partition coefficient (Wildman–Crippen LogP) is 3.22. The van der Waals surface area contributed by atoms with E-state index in [0.717, 1.165) is 16.7 Å². The van der Waals surface area contributed by atoms with Crippen LogP contribution in [0.4, 0.5) is 16.3 Å². The van der Waals surface area contributed by atoms with Crippen molar-refractivity contribution in [3.05, 3.63) is 36.0 Å². The van der Waals surface area contributed by atoms with E-state index in [0.29, 0.717) is 30.3 Å². The van der Waals surface area contributed by atoms with Gasteiger partial charge in [-0.05, 0) is 37.1 Å². The Labute approximate surface area is 173 Å². The third-order valence-corrected chi connectivity index (χ3v) is 4.74. The molecule has 0 bridgehead atoms. The van der Waals surface area contributed by atoms with Gasteiger partial charge in [0.05, 0.1) is 0 Å². The molecular weight excluding hydrogens is 388 g/mol. The Hall–Kier alpha value is -3.62. The number of anilines is 2. The number of aromatic nitrogens is 1. The third kappa shape index (κ3) is 5.05. The molecule has 0 spiro atoms.